The standard InChI is InChI=1S/C14H20N2O2/c1-14(2)8-11-10(12(17)9-14)5-7-16(11)6-3-4-13(15)18/h5,7H,3-4,6,8-9H2,1-2H3,(H2,15,18). The number of Topliss-reactive ketones (excluding diaryl/α,β-unsaturated/α-hetero) is 1. The number of primary amides is 1. The zero-order valence-corrected chi connectivity index (χ0v) is 11.0. The second-order valence-electron chi connectivity index (χ2n) is 5.88. The summed E-state index contributed by atoms with van der Waals surface area (Å²) in [7, 11) is 0. The third-order valence-corrected chi connectivity index (χ3v) is 3.49. The number of ketones is 1. The Balaban J connectivity index is 2.15. The van der Waals surface area contributed by atoms with Gasteiger partial charge in [-0.1, -0.05) is 13.8 Å². The minimum absolute atomic E-state index is 0.0316. The van der Waals surface area contributed by atoms with Gasteiger partial charge < -0.3 is 10.3 Å². The van der Waals surface area contributed by atoms with Gasteiger partial charge in [0.15, 0.2) is 5.78 Å². The van der Waals surface area contributed by atoms with Crippen LogP contribution in [0.4, 0.5) is 0 Å². The van der Waals surface area contributed by atoms with Gasteiger partial charge in [-0.2, -0.15) is 0 Å². The van der Waals surface area contributed by atoms with Gasteiger partial charge in [0.2, 0.25) is 5.91 Å². The van der Waals surface area contributed by atoms with Crippen LogP contribution < -0.4 is 5.73 Å². The maximum Gasteiger partial charge on any atom is 0.217 e. The second-order valence-corrected chi connectivity index (χ2v) is 5.88. The Kier molecular flexibility index (Phi) is 3.28. The van der Waals surface area contributed by atoms with Gasteiger partial charge in [-0.25, -0.2) is 0 Å². The summed E-state index contributed by atoms with van der Waals surface area (Å²) in [6.45, 7) is 4.99. The van der Waals surface area contributed by atoms with Crippen molar-refractivity contribution < 1.29 is 9.59 Å². The van der Waals surface area contributed by atoms with Crippen molar-refractivity contribution >= 4 is 11.7 Å². The van der Waals surface area contributed by atoms with E-state index < -0.39 is 0 Å². The fraction of sp³-hybridized carbons (Fsp3) is 0.571. The van der Waals surface area contributed by atoms with Crippen LogP contribution in [0.3, 0.4) is 0 Å². The Hall–Kier alpha value is -1.58. The number of aromatic nitrogens is 1. The fourth-order valence-corrected chi connectivity index (χ4v) is 2.63. The molecule has 2 rings (SSSR count). The van der Waals surface area contributed by atoms with E-state index >= 15 is 0 Å². The van der Waals surface area contributed by atoms with E-state index in [0.29, 0.717) is 12.8 Å². The smallest absolute Gasteiger partial charge is 0.217 e. The summed E-state index contributed by atoms with van der Waals surface area (Å²) in [5.41, 5.74) is 7.13. The van der Waals surface area contributed by atoms with Crippen LogP contribution in [0.5, 0.6) is 0 Å². The highest BCUT2D eigenvalue weighted by molar-refractivity contribution is 5.98. The SMILES string of the molecule is CC1(C)CC(=O)c2ccn(CCCC(N)=O)c2C1. The van der Waals surface area contributed by atoms with Gasteiger partial charge in [0, 0.05) is 36.8 Å². The molecule has 1 aromatic heterocycles. The Morgan fingerprint density at radius 1 is 1.44 bits per heavy atom. The van der Waals surface area contributed by atoms with Crippen molar-refractivity contribution in [3.63, 3.8) is 0 Å². The first-order chi connectivity index (χ1) is 8.39. The largest absolute Gasteiger partial charge is 0.370 e. The number of carbonyl (C=O) groups is 2. The van der Waals surface area contributed by atoms with Crippen molar-refractivity contribution in [1.82, 2.24) is 4.57 Å². The molecule has 0 saturated carbocycles. The highest BCUT2D eigenvalue weighted by Gasteiger charge is 2.32. The first-order valence-electron chi connectivity index (χ1n) is 6.38. The highest BCUT2D eigenvalue weighted by atomic mass is 16.1. The Bertz CT molecular complexity index is 486. The minimum atomic E-state index is -0.271. The predicted octanol–water partition coefficient (Wildman–Crippen LogP) is 1.91. The van der Waals surface area contributed by atoms with Crippen LogP contribution in [0.2, 0.25) is 0 Å². The van der Waals surface area contributed by atoms with Gasteiger partial charge in [-0.3, -0.25) is 9.59 Å². The number of fused-ring (bicyclic) bond motifs is 1. The summed E-state index contributed by atoms with van der Waals surface area (Å²) in [5.74, 6) is -0.0395. The minimum Gasteiger partial charge on any atom is -0.370 e. The molecule has 0 aromatic carbocycles. The predicted molar refractivity (Wildman–Crippen MR) is 69.3 cm³/mol. The molecule has 1 heterocycles. The molecule has 0 unspecified atom stereocenters. The molecule has 1 aromatic rings. The van der Waals surface area contributed by atoms with Crippen molar-refractivity contribution in [3.05, 3.63) is 23.5 Å². The molecule has 1 aliphatic rings. The number of hydrogen-bond donors (Lipinski definition) is 1. The monoisotopic (exact) mass is 248 g/mol. The molecular weight excluding hydrogens is 228 g/mol. The van der Waals surface area contributed by atoms with Crippen molar-refractivity contribution in [2.45, 2.75) is 46.1 Å². The first-order valence-corrected chi connectivity index (χ1v) is 6.38. The maximum atomic E-state index is 12.0. The normalized spacial score (nSPS) is 17.6. The number of nitrogens with two attached hydrogens (primary N) is 1. The van der Waals surface area contributed by atoms with E-state index in [1.54, 1.807) is 0 Å². The average molecular weight is 248 g/mol. The number of carbonyl (C=O) groups excluding carboxylic acids is 2. The van der Waals surface area contributed by atoms with Crippen molar-refractivity contribution in [1.29, 1.82) is 0 Å². The zero-order valence-electron chi connectivity index (χ0n) is 11.0. The van der Waals surface area contributed by atoms with E-state index in [9.17, 15) is 9.59 Å². The van der Waals surface area contributed by atoms with Crippen molar-refractivity contribution in [2.24, 2.45) is 11.1 Å². The zero-order chi connectivity index (χ0) is 13.3. The molecule has 0 saturated heterocycles. The molecule has 4 heteroatoms. The van der Waals surface area contributed by atoms with Crippen LogP contribution in [-0.4, -0.2) is 16.3 Å². The third-order valence-electron chi connectivity index (χ3n) is 3.49. The fourth-order valence-electron chi connectivity index (χ4n) is 2.63. The molecule has 0 fully saturated rings. The molecule has 2 N–H and O–H groups in total. The van der Waals surface area contributed by atoms with Crippen molar-refractivity contribution in [2.75, 3.05) is 0 Å². The lowest BCUT2D eigenvalue weighted by atomic mass is 9.76. The third kappa shape index (κ3) is 2.63. The van der Waals surface area contributed by atoms with Gasteiger partial charge in [0.05, 0.1) is 0 Å². The number of aryl methyl sites for hydroxylation is 1. The van der Waals surface area contributed by atoms with Crippen LogP contribution in [0.15, 0.2) is 12.3 Å². The van der Waals surface area contributed by atoms with Crippen LogP contribution in [0.1, 0.15) is 49.2 Å². The lowest BCUT2D eigenvalue weighted by molar-refractivity contribution is -0.118. The second kappa shape index (κ2) is 4.59. The Morgan fingerprint density at radius 3 is 2.83 bits per heavy atom. The number of nitrogens with zero attached hydrogens (tertiary/aromatic N) is 1. The van der Waals surface area contributed by atoms with Crippen LogP contribution in [0.25, 0.3) is 0 Å². The summed E-state index contributed by atoms with van der Waals surface area (Å²) >= 11 is 0. The van der Waals surface area contributed by atoms with E-state index in [-0.39, 0.29) is 17.1 Å². The molecule has 4 nitrogen and oxygen atoms in total. The summed E-state index contributed by atoms with van der Waals surface area (Å²) in [4.78, 5) is 22.7. The topological polar surface area (TPSA) is 65.1 Å². The molecular formula is C14H20N2O2. The van der Waals surface area contributed by atoms with Gasteiger partial charge >= 0.3 is 0 Å². The summed E-state index contributed by atoms with van der Waals surface area (Å²) < 4.78 is 2.09. The van der Waals surface area contributed by atoms with E-state index in [1.165, 1.54) is 0 Å². The average Bonchev–Trinajstić information content (AvgIpc) is 2.59. The Labute approximate surface area is 107 Å². The Morgan fingerprint density at radius 2 is 2.17 bits per heavy atom. The summed E-state index contributed by atoms with van der Waals surface area (Å²) in [6.07, 6.45) is 4.60. The number of hydrogen-bond acceptors (Lipinski definition) is 2. The summed E-state index contributed by atoms with van der Waals surface area (Å²) in [5, 5.41) is 0. The molecule has 0 atom stereocenters. The lowest BCUT2D eigenvalue weighted by Crippen LogP contribution is -2.28. The number of amides is 1. The molecule has 1 aliphatic carbocycles. The number of rotatable bonds is 4. The van der Waals surface area contributed by atoms with E-state index in [0.717, 1.165) is 30.6 Å². The van der Waals surface area contributed by atoms with Gasteiger partial charge in [-0.15, -0.1) is 0 Å². The van der Waals surface area contributed by atoms with Gasteiger partial charge in [-0.05, 0) is 24.3 Å². The van der Waals surface area contributed by atoms with Gasteiger partial charge in [0.25, 0.3) is 0 Å². The molecule has 98 valence electrons. The first kappa shape index (κ1) is 12.9. The molecule has 18 heavy (non-hydrogen) atoms. The molecule has 0 aliphatic heterocycles. The molecule has 1 amide bonds. The van der Waals surface area contributed by atoms with Crippen LogP contribution in [0, 0.1) is 5.41 Å². The van der Waals surface area contributed by atoms with Gasteiger partial charge in [0.1, 0.15) is 0 Å². The van der Waals surface area contributed by atoms with E-state index in [1.807, 2.05) is 12.3 Å². The molecule has 0 radical (unpaired) electrons. The molecule has 0 spiro atoms. The summed E-state index contributed by atoms with van der Waals surface area (Å²) in [6, 6.07) is 1.90. The lowest BCUT2D eigenvalue weighted by Gasteiger charge is -2.29. The van der Waals surface area contributed by atoms with E-state index in [4.69, 9.17) is 5.73 Å². The van der Waals surface area contributed by atoms with Crippen molar-refractivity contribution in [3.8, 4) is 0 Å². The van der Waals surface area contributed by atoms with Crippen LogP contribution >= 0.6 is 0 Å². The highest BCUT2D eigenvalue weighted by Crippen LogP contribution is 2.35. The van der Waals surface area contributed by atoms with E-state index in [2.05, 4.69) is 18.4 Å². The maximum absolute atomic E-state index is 12.0. The molecule has 0 bridgehead atoms. The quantitative estimate of drug-likeness (QED) is 0.884. The van der Waals surface area contributed by atoms with Crippen LogP contribution in [-0.2, 0) is 17.8 Å².